The monoisotopic (exact) mass is 415 g/mol. The molecule has 0 unspecified atom stereocenters. The van der Waals surface area contributed by atoms with E-state index in [0.29, 0.717) is 13.1 Å². The molecule has 1 aliphatic heterocycles. The molecule has 0 bridgehead atoms. The van der Waals surface area contributed by atoms with Gasteiger partial charge in [0.2, 0.25) is 0 Å². The molecule has 118 valence electrons. The van der Waals surface area contributed by atoms with Crippen LogP contribution in [0.5, 0.6) is 0 Å². The maximum absolute atomic E-state index is 11.0. The Morgan fingerprint density at radius 2 is 2.27 bits per heavy atom. The molecule has 1 saturated heterocycles. The fourth-order valence-electron chi connectivity index (χ4n) is 2.89. The molecule has 0 radical (unpaired) electrons. The minimum absolute atomic E-state index is 0.229. The molecule has 0 aliphatic carbocycles. The van der Waals surface area contributed by atoms with Gasteiger partial charge in [0.1, 0.15) is 9.52 Å². The predicted molar refractivity (Wildman–Crippen MR) is 92.0 cm³/mol. The Bertz CT molecular complexity index is 717. The molecule has 3 heterocycles. The van der Waals surface area contributed by atoms with Crippen molar-refractivity contribution in [1.82, 2.24) is 19.7 Å². The van der Waals surface area contributed by atoms with Gasteiger partial charge in [-0.1, -0.05) is 6.92 Å². The summed E-state index contributed by atoms with van der Waals surface area (Å²) in [7, 11) is 1.88. The Hall–Kier alpha value is -1.58. The molecule has 1 aliphatic rings. The summed E-state index contributed by atoms with van der Waals surface area (Å²) in [5, 5.41) is 17.9. The number of amides is 1. The van der Waals surface area contributed by atoms with Gasteiger partial charge in [0, 0.05) is 26.2 Å². The molecule has 22 heavy (non-hydrogen) atoms. The minimum Gasteiger partial charge on any atom is -0.465 e. The molecule has 0 spiro atoms. The third-order valence-corrected chi connectivity index (χ3v) is 4.95. The summed E-state index contributed by atoms with van der Waals surface area (Å²) >= 11 is 2.20. The van der Waals surface area contributed by atoms with Crippen molar-refractivity contribution in [2.45, 2.75) is 19.4 Å². The minimum atomic E-state index is -0.839. The van der Waals surface area contributed by atoms with Crippen molar-refractivity contribution in [3.05, 3.63) is 15.8 Å². The molecule has 1 fully saturated rings. The normalized spacial score (nSPS) is 22.0. The summed E-state index contributed by atoms with van der Waals surface area (Å²) in [6.07, 6.45) is -0.0508. The number of anilines is 1. The van der Waals surface area contributed by atoms with E-state index in [0.717, 1.165) is 27.0 Å². The molecule has 2 atom stereocenters. The first-order chi connectivity index (χ1) is 10.5. The molecule has 0 saturated carbocycles. The van der Waals surface area contributed by atoms with Gasteiger partial charge in [-0.15, -0.1) is 0 Å². The molecule has 2 aromatic rings. The molecule has 3 rings (SSSR count). The van der Waals surface area contributed by atoms with Gasteiger partial charge in [-0.25, -0.2) is 14.5 Å². The second kappa shape index (κ2) is 5.90. The first-order valence-electron chi connectivity index (χ1n) is 7.19. The number of hydrogen-bond donors (Lipinski definition) is 2. The van der Waals surface area contributed by atoms with Crippen LogP contribution in [0.3, 0.4) is 0 Å². The highest BCUT2D eigenvalue weighted by atomic mass is 127. The highest BCUT2D eigenvalue weighted by molar-refractivity contribution is 14.1. The summed E-state index contributed by atoms with van der Waals surface area (Å²) < 4.78 is 2.72. The number of hydrogen-bond acceptors (Lipinski definition) is 4. The van der Waals surface area contributed by atoms with Gasteiger partial charge in [0.25, 0.3) is 0 Å². The Morgan fingerprint density at radius 3 is 2.95 bits per heavy atom. The number of piperidine rings is 1. The van der Waals surface area contributed by atoms with Gasteiger partial charge in [-0.05, 0) is 47.1 Å². The smallest absolute Gasteiger partial charge is 0.407 e. The van der Waals surface area contributed by atoms with Crippen LogP contribution in [0.25, 0.3) is 11.0 Å². The van der Waals surface area contributed by atoms with Gasteiger partial charge < -0.3 is 15.3 Å². The number of carboxylic acid groups (broad SMARTS) is 1. The molecule has 1 amide bonds. The molecule has 2 aromatic heterocycles. The van der Waals surface area contributed by atoms with Crippen molar-refractivity contribution < 1.29 is 9.90 Å². The van der Waals surface area contributed by atoms with Crippen LogP contribution < -0.4 is 5.32 Å². The maximum Gasteiger partial charge on any atom is 0.407 e. The second-order valence-corrected chi connectivity index (χ2v) is 6.75. The third kappa shape index (κ3) is 2.83. The average Bonchev–Trinajstić information content (AvgIpc) is 2.76. The number of pyridine rings is 1. The van der Waals surface area contributed by atoms with Crippen molar-refractivity contribution in [3.8, 4) is 0 Å². The third-order valence-electron chi connectivity index (χ3n) is 4.15. The van der Waals surface area contributed by atoms with E-state index in [1.807, 2.05) is 19.2 Å². The van der Waals surface area contributed by atoms with Gasteiger partial charge in [-0.3, -0.25) is 0 Å². The van der Waals surface area contributed by atoms with Gasteiger partial charge in [0.05, 0.1) is 5.39 Å². The highest BCUT2D eigenvalue weighted by Crippen LogP contribution is 2.23. The van der Waals surface area contributed by atoms with E-state index in [1.54, 1.807) is 4.68 Å². The molecule has 2 N–H and O–H groups in total. The number of halogens is 1. The van der Waals surface area contributed by atoms with Crippen LogP contribution in [-0.2, 0) is 7.05 Å². The first kappa shape index (κ1) is 15.3. The Morgan fingerprint density at radius 1 is 1.50 bits per heavy atom. The number of nitrogens with one attached hydrogen (secondary N) is 1. The summed E-state index contributed by atoms with van der Waals surface area (Å²) in [6.45, 7) is 3.18. The van der Waals surface area contributed by atoms with Crippen LogP contribution in [0.1, 0.15) is 13.3 Å². The summed E-state index contributed by atoms with van der Waals surface area (Å²) in [5.74, 6) is 1.06. The zero-order chi connectivity index (χ0) is 15.9. The topological polar surface area (TPSA) is 83.3 Å². The van der Waals surface area contributed by atoms with Crippen LogP contribution in [0, 0.1) is 9.62 Å². The number of carbonyl (C=O) groups is 1. The van der Waals surface area contributed by atoms with Crippen molar-refractivity contribution >= 4 is 45.5 Å². The number of aryl methyl sites for hydroxylation is 1. The number of rotatable bonds is 2. The van der Waals surface area contributed by atoms with Crippen molar-refractivity contribution in [2.75, 3.05) is 18.4 Å². The molecule has 7 nitrogen and oxygen atoms in total. The van der Waals surface area contributed by atoms with Crippen molar-refractivity contribution in [1.29, 1.82) is 0 Å². The predicted octanol–water partition coefficient (Wildman–Crippen LogP) is 2.37. The summed E-state index contributed by atoms with van der Waals surface area (Å²) in [6, 6.07) is 4.21. The van der Waals surface area contributed by atoms with E-state index >= 15 is 0 Å². The fraction of sp³-hybridized carbons (Fsp3) is 0.500. The number of fused-ring (bicyclic) bond motifs is 1. The molecule has 0 aromatic carbocycles. The zero-order valence-corrected chi connectivity index (χ0v) is 14.6. The van der Waals surface area contributed by atoms with E-state index in [2.05, 4.69) is 44.9 Å². The van der Waals surface area contributed by atoms with E-state index in [1.165, 1.54) is 4.90 Å². The van der Waals surface area contributed by atoms with Crippen molar-refractivity contribution in [3.63, 3.8) is 0 Å². The van der Waals surface area contributed by atoms with Crippen LogP contribution in [0.2, 0.25) is 0 Å². The SMILES string of the molecule is C[C@@H]1CN(C(=O)O)CC[C@H]1Nc1ccc2c(I)nn(C)c2n1. The largest absolute Gasteiger partial charge is 0.465 e. The lowest BCUT2D eigenvalue weighted by molar-refractivity contribution is 0.119. The maximum atomic E-state index is 11.0. The van der Waals surface area contributed by atoms with E-state index in [4.69, 9.17) is 5.11 Å². The van der Waals surface area contributed by atoms with Crippen LogP contribution in [0.15, 0.2) is 12.1 Å². The lowest BCUT2D eigenvalue weighted by Crippen LogP contribution is -2.47. The van der Waals surface area contributed by atoms with E-state index in [-0.39, 0.29) is 12.0 Å². The Balaban J connectivity index is 1.76. The molecular weight excluding hydrogens is 397 g/mol. The summed E-state index contributed by atoms with van der Waals surface area (Å²) in [4.78, 5) is 17.1. The number of aromatic nitrogens is 3. The average molecular weight is 415 g/mol. The molecular formula is C14H18IN5O2. The van der Waals surface area contributed by atoms with Gasteiger partial charge in [-0.2, -0.15) is 5.10 Å². The lowest BCUT2D eigenvalue weighted by atomic mass is 9.94. The second-order valence-electron chi connectivity index (χ2n) is 5.73. The Kier molecular flexibility index (Phi) is 4.11. The zero-order valence-electron chi connectivity index (χ0n) is 12.5. The quantitative estimate of drug-likeness (QED) is 0.737. The number of likely N-dealkylation sites (tertiary alicyclic amines) is 1. The van der Waals surface area contributed by atoms with Crippen LogP contribution >= 0.6 is 22.6 Å². The van der Waals surface area contributed by atoms with Crippen LogP contribution in [0.4, 0.5) is 10.6 Å². The highest BCUT2D eigenvalue weighted by Gasteiger charge is 2.28. The standard InChI is InChI=1S/C14H18IN5O2/c1-8-7-20(14(21)22)6-5-10(8)16-11-4-3-9-12(15)18-19(2)13(9)17-11/h3-4,8,10H,5-7H2,1-2H3,(H,16,17)(H,21,22)/t8-,10-/m1/s1. The molecule has 8 heteroatoms. The summed E-state index contributed by atoms with van der Waals surface area (Å²) in [5.41, 5.74) is 0.852. The van der Waals surface area contributed by atoms with E-state index < -0.39 is 6.09 Å². The van der Waals surface area contributed by atoms with E-state index in [9.17, 15) is 4.79 Å². The van der Waals surface area contributed by atoms with Crippen LogP contribution in [-0.4, -0.2) is 50.0 Å². The first-order valence-corrected chi connectivity index (χ1v) is 8.27. The fourth-order valence-corrected chi connectivity index (χ4v) is 3.64. The number of nitrogens with zero attached hydrogens (tertiary/aromatic N) is 4. The van der Waals surface area contributed by atoms with Gasteiger partial charge in [0.15, 0.2) is 5.65 Å². The van der Waals surface area contributed by atoms with Crippen molar-refractivity contribution in [2.24, 2.45) is 13.0 Å². The Labute approximate surface area is 141 Å². The van der Waals surface area contributed by atoms with Gasteiger partial charge >= 0.3 is 6.09 Å². The lowest BCUT2D eigenvalue weighted by Gasteiger charge is -2.36.